The maximum Gasteiger partial charge on any atom is 0.410 e. The Morgan fingerprint density at radius 1 is 1.41 bits per heavy atom. The minimum Gasteiger partial charge on any atom is -0.444 e. The van der Waals surface area contributed by atoms with Gasteiger partial charge in [0, 0.05) is 12.5 Å². The third-order valence-electron chi connectivity index (χ3n) is 3.61. The monoisotopic (exact) mass is 242 g/mol. The molecule has 0 spiro atoms. The van der Waals surface area contributed by atoms with E-state index in [0.29, 0.717) is 6.54 Å². The first-order chi connectivity index (χ1) is 7.79. The quantitative estimate of drug-likeness (QED) is 0.656. The van der Waals surface area contributed by atoms with Crippen molar-refractivity contribution < 1.29 is 14.6 Å². The molecule has 3 N–H and O–H groups in total. The number of carbonyl (C=O) groups excluding carboxylic acids is 1. The van der Waals surface area contributed by atoms with E-state index < -0.39 is 11.7 Å². The van der Waals surface area contributed by atoms with Gasteiger partial charge in [-0.05, 0) is 33.6 Å². The fraction of sp³-hybridized carbons (Fsp3) is 0.917. The van der Waals surface area contributed by atoms with Crippen molar-refractivity contribution in [2.24, 2.45) is 11.7 Å². The average molecular weight is 242 g/mol. The van der Waals surface area contributed by atoms with Gasteiger partial charge in [-0.2, -0.15) is 0 Å². The summed E-state index contributed by atoms with van der Waals surface area (Å²) in [6.45, 7) is 6.11. The third-order valence-corrected chi connectivity index (χ3v) is 3.61. The van der Waals surface area contributed by atoms with Gasteiger partial charge in [-0.1, -0.05) is 0 Å². The highest BCUT2D eigenvalue weighted by Gasteiger charge is 2.47. The molecule has 2 saturated heterocycles. The van der Waals surface area contributed by atoms with Crippen LogP contribution in [0.4, 0.5) is 4.79 Å². The van der Waals surface area contributed by atoms with Crippen LogP contribution in [0.3, 0.4) is 0 Å². The van der Waals surface area contributed by atoms with Gasteiger partial charge in [-0.3, -0.25) is 0 Å². The number of amides is 1. The normalized spacial score (nSPS) is 37.1. The van der Waals surface area contributed by atoms with Gasteiger partial charge < -0.3 is 20.5 Å². The molecule has 1 amide bonds. The highest BCUT2D eigenvalue weighted by molar-refractivity contribution is 5.69. The Balaban J connectivity index is 2.06. The lowest BCUT2D eigenvalue weighted by molar-refractivity contribution is -0.0711. The maximum atomic E-state index is 12.0. The Labute approximate surface area is 102 Å². The van der Waals surface area contributed by atoms with Crippen LogP contribution in [0.2, 0.25) is 0 Å². The molecule has 1 saturated carbocycles. The molecule has 5 heteroatoms. The summed E-state index contributed by atoms with van der Waals surface area (Å²) in [6.07, 6.45) is 1.02. The maximum absolute atomic E-state index is 12.0. The van der Waals surface area contributed by atoms with E-state index in [2.05, 4.69) is 0 Å². The molecule has 98 valence electrons. The standard InChI is InChI=1S/C12H22N2O3/c1-12(2,3)17-11(16)14-6-7-4-5-8(14)9(13)10(7)15/h7-10,15H,4-6,13H2,1-3H3/t7-,8+,9+,10-/m1/s1. The molecule has 0 aromatic heterocycles. The number of aliphatic hydroxyl groups is 1. The Morgan fingerprint density at radius 2 is 2.06 bits per heavy atom. The number of hydrogen-bond acceptors (Lipinski definition) is 4. The van der Waals surface area contributed by atoms with Crippen molar-refractivity contribution >= 4 is 6.09 Å². The number of nitrogens with two attached hydrogens (primary N) is 1. The lowest BCUT2D eigenvalue weighted by Crippen LogP contribution is -2.67. The zero-order valence-corrected chi connectivity index (χ0v) is 10.7. The molecule has 0 aromatic rings. The SMILES string of the molecule is CC(C)(C)OC(=O)N1C[C@H]2CC[C@H]1[C@H](N)[C@@H]2O. The van der Waals surface area contributed by atoms with E-state index in [1.54, 1.807) is 4.90 Å². The van der Waals surface area contributed by atoms with Crippen molar-refractivity contribution in [3.05, 3.63) is 0 Å². The van der Waals surface area contributed by atoms with E-state index in [-0.39, 0.29) is 24.1 Å². The first kappa shape index (κ1) is 12.6. The number of nitrogens with zero attached hydrogens (tertiary/aromatic N) is 1. The number of fused-ring (bicyclic) bond motifs is 3. The lowest BCUT2D eigenvalue weighted by Gasteiger charge is -2.51. The van der Waals surface area contributed by atoms with Crippen molar-refractivity contribution in [1.29, 1.82) is 0 Å². The van der Waals surface area contributed by atoms with E-state index in [1.807, 2.05) is 20.8 Å². The number of hydrogen-bond donors (Lipinski definition) is 2. The van der Waals surface area contributed by atoms with Crippen LogP contribution >= 0.6 is 0 Å². The van der Waals surface area contributed by atoms with Crippen molar-refractivity contribution in [1.82, 2.24) is 4.90 Å². The molecule has 4 atom stereocenters. The first-order valence-corrected chi connectivity index (χ1v) is 6.23. The summed E-state index contributed by atoms with van der Waals surface area (Å²) in [5.41, 5.74) is 5.47. The summed E-state index contributed by atoms with van der Waals surface area (Å²) < 4.78 is 5.36. The van der Waals surface area contributed by atoms with Crippen LogP contribution in [0.15, 0.2) is 0 Å². The average Bonchev–Trinajstić information content (AvgIpc) is 2.22. The molecule has 17 heavy (non-hydrogen) atoms. The number of piperidine rings is 2. The molecule has 1 aliphatic carbocycles. The van der Waals surface area contributed by atoms with Gasteiger partial charge in [0.15, 0.2) is 0 Å². The van der Waals surface area contributed by atoms with Gasteiger partial charge >= 0.3 is 6.09 Å². The van der Waals surface area contributed by atoms with Crippen LogP contribution in [0.1, 0.15) is 33.6 Å². The molecule has 3 aliphatic rings. The highest BCUT2D eigenvalue weighted by Crippen LogP contribution is 2.35. The number of rotatable bonds is 0. The number of carbonyl (C=O) groups is 1. The summed E-state index contributed by atoms with van der Waals surface area (Å²) in [5, 5.41) is 9.90. The first-order valence-electron chi connectivity index (χ1n) is 6.23. The largest absolute Gasteiger partial charge is 0.444 e. The van der Waals surface area contributed by atoms with Crippen LogP contribution in [-0.2, 0) is 4.74 Å². The number of ether oxygens (including phenoxy) is 1. The van der Waals surface area contributed by atoms with Crippen molar-refractivity contribution in [2.45, 2.75) is 57.4 Å². The summed E-state index contributed by atoms with van der Waals surface area (Å²) in [7, 11) is 0. The van der Waals surface area contributed by atoms with Crippen LogP contribution in [0.25, 0.3) is 0 Å². The summed E-state index contributed by atoms with van der Waals surface area (Å²) in [5.74, 6) is 0.0996. The van der Waals surface area contributed by atoms with E-state index in [1.165, 1.54) is 0 Å². The second-order valence-corrected chi connectivity index (χ2v) is 6.11. The zero-order valence-electron chi connectivity index (χ0n) is 10.7. The van der Waals surface area contributed by atoms with Crippen LogP contribution in [0, 0.1) is 5.92 Å². The molecule has 0 radical (unpaired) electrons. The molecule has 3 rings (SSSR count). The molecule has 2 heterocycles. The van der Waals surface area contributed by atoms with E-state index >= 15 is 0 Å². The van der Waals surface area contributed by atoms with Gasteiger partial charge in [-0.15, -0.1) is 0 Å². The number of aliphatic hydroxyl groups excluding tert-OH is 1. The second kappa shape index (κ2) is 4.14. The van der Waals surface area contributed by atoms with Gasteiger partial charge in [0.1, 0.15) is 5.60 Å². The Bertz CT molecular complexity index is 311. The summed E-state index contributed by atoms with van der Waals surface area (Å²) >= 11 is 0. The van der Waals surface area contributed by atoms with Gasteiger partial charge in [0.05, 0.1) is 18.2 Å². The van der Waals surface area contributed by atoms with E-state index in [0.717, 1.165) is 12.8 Å². The summed E-state index contributed by atoms with van der Waals surface area (Å²) in [4.78, 5) is 13.7. The molecular formula is C12H22N2O3. The van der Waals surface area contributed by atoms with Crippen molar-refractivity contribution in [2.75, 3.05) is 6.54 Å². The smallest absolute Gasteiger partial charge is 0.410 e. The minimum atomic E-state index is -0.490. The summed E-state index contributed by atoms with van der Waals surface area (Å²) in [6, 6.07) is -0.417. The predicted molar refractivity (Wildman–Crippen MR) is 63.4 cm³/mol. The van der Waals surface area contributed by atoms with Gasteiger partial charge in [0.2, 0.25) is 0 Å². The lowest BCUT2D eigenvalue weighted by atomic mass is 9.75. The van der Waals surface area contributed by atoms with Crippen molar-refractivity contribution in [3.63, 3.8) is 0 Å². The minimum absolute atomic E-state index is 0.0788. The van der Waals surface area contributed by atoms with E-state index in [9.17, 15) is 9.90 Å². The molecule has 2 bridgehead atoms. The van der Waals surface area contributed by atoms with Crippen molar-refractivity contribution in [3.8, 4) is 0 Å². The molecular weight excluding hydrogens is 220 g/mol. The highest BCUT2D eigenvalue weighted by atomic mass is 16.6. The van der Waals surface area contributed by atoms with Gasteiger partial charge in [-0.25, -0.2) is 4.79 Å². The third kappa shape index (κ3) is 2.40. The van der Waals surface area contributed by atoms with Gasteiger partial charge in [0.25, 0.3) is 0 Å². The van der Waals surface area contributed by atoms with Crippen LogP contribution in [0.5, 0.6) is 0 Å². The molecule has 0 unspecified atom stereocenters. The fourth-order valence-corrected chi connectivity index (χ4v) is 2.77. The zero-order chi connectivity index (χ0) is 12.8. The molecule has 3 fully saturated rings. The molecule has 2 aliphatic heterocycles. The molecule has 0 aromatic carbocycles. The Kier molecular flexibility index (Phi) is 3.08. The Hall–Kier alpha value is -0.810. The second-order valence-electron chi connectivity index (χ2n) is 6.11. The molecule has 5 nitrogen and oxygen atoms in total. The topological polar surface area (TPSA) is 75.8 Å². The predicted octanol–water partition coefficient (Wildman–Crippen LogP) is 0.704. The Morgan fingerprint density at radius 3 is 2.59 bits per heavy atom. The van der Waals surface area contributed by atoms with E-state index in [4.69, 9.17) is 10.5 Å². The fourth-order valence-electron chi connectivity index (χ4n) is 2.77. The van der Waals surface area contributed by atoms with Crippen LogP contribution in [-0.4, -0.2) is 46.4 Å². The van der Waals surface area contributed by atoms with Crippen LogP contribution < -0.4 is 5.73 Å².